The van der Waals surface area contributed by atoms with Gasteiger partial charge in [-0.05, 0) is 29.7 Å². The molecule has 0 spiro atoms. The summed E-state index contributed by atoms with van der Waals surface area (Å²) >= 11 is 0. The first-order valence-electron chi connectivity index (χ1n) is 8.56. The number of carbonyl (C=O) groups is 1. The van der Waals surface area contributed by atoms with Crippen molar-refractivity contribution in [3.8, 4) is 0 Å². The van der Waals surface area contributed by atoms with Gasteiger partial charge in [-0.25, -0.2) is 16.8 Å². The van der Waals surface area contributed by atoms with Gasteiger partial charge in [0, 0.05) is 17.5 Å². The van der Waals surface area contributed by atoms with Gasteiger partial charge in [0.1, 0.15) is 25.1 Å². The molecule has 0 bridgehead atoms. The number of non-ortho nitro benzene ring substituents is 1. The third-order valence-electron chi connectivity index (χ3n) is 4.42. The molecule has 0 atom stereocenters. The Bertz CT molecular complexity index is 1710. The molecule has 3 rings (SSSR count). The smallest absolute Gasteiger partial charge is 0.744 e. The first-order valence-corrected chi connectivity index (χ1v) is 12.8. The van der Waals surface area contributed by atoms with Crippen molar-refractivity contribution in [1.29, 1.82) is 0 Å². The first-order chi connectivity index (χ1) is 15.5. The van der Waals surface area contributed by atoms with Crippen molar-refractivity contribution in [2.75, 3.05) is 5.32 Å². The van der Waals surface area contributed by atoms with E-state index in [1.807, 2.05) is 5.32 Å². The minimum Gasteiger partial charge on any atom is -0.744 e. The van der Waals surface area contributed by atoms with Crippen LogP contribution in [0.5, 0.6) is 0 Å². The van der Waals surface area contributed by atoms with Crippen LogP contribution in [0.25, 0.3) is 10.8 Å². The fraction of sp³-hybridized carbons (Fsp3) is 0. The molecule has 0 saturated heterocycles. The maximum absolute atomic E-state index is 12.8. The number of rotatable bonds is 6. The zero-order valence-electron chi connectivity index (χ0n) is 19.2. The molecule has 0 fully saturated rings. The molecule has 180 valence electrons. The molecule has 0 aromatic heterocycles. The summed E-state index contributed by atoms with van der Waals surface area (Å²) in [6.45, 7) is 0. The second kappa shape index (κ2) is 13.2. The van der Waals surface area contributed by atoms with Crippen molar-refractivity contribution in [1.82, 2.24) is 0 Å². The van der Waals surface area contributed by atoms with Crippen LogP contribution in [-0.4, -0.2) is 49.7 Å². The number of fused-ring (bicyclic) bond motifs is 1. The van der Waals surface area contributed by atoms with Gasteiger partial charge in [0.2, 0.25) is 0 Å². The van der Waals surface area contributed by atoms with Crippen LogP contribution < -0.4 is 94.0 Å². The largest absolute Gasteiger partial charge is 1.00 e. The van der Waals surface area contributed by atoms with Crippen LogP contribution in [-0.2, 0) is 30.4 Å². The molecule has 3 aromatic carbocycles. The second-order valence-corrected chi connectivity index (χ2v) is 10.7. The number of benzene rings is 3. The number of nitro groups is 1. The van der Waals surface area contributed by atoms with Gasteiger partial charge in [-0.1, -0.05) is 12.1 Å². The normalized spacial score (nSPS) is 11.4. The summed E-state index contributed by atoms with van der Waals surface area (Å²) in [6.07, 6.45) is 0. The Morgan fingerprint density at radius 3 is 1.92 bits per heavy atom. The van der Waals surface area contributed by atoms with Crippen LogP contribution >= 0.6 is 0 Å². The SMILES string of the molecule is O=C(Nc1cc(S(=O)(=O)[O-])cc2cccc(S(=O)(=O)[O-])c12)c1ccc([N+](=O)[O-])cc1S(=O)(=O)O.[Na+].[Na+].[Na+]. The van der Waals surface area contributed by atoms with Crippen LogP contribution in [0.2, 0.25) is 0 Å². The van der Waals surface area contributed by atoms with Crippen LogP contribution in [0.4, 0.5) is 11.4 Å². The quantitative estimate of drug-likeness (QED) is 0.116. The van der Waals surface area contributed by atoms with Gasteiger partial charge in [-0.3, -0.25) is 19.5 Å². The van der Waals surface area contributed by atoms with Crippen LogP contribution in [0.3, 0.4) is 0 Å². The van der Waals surface area contributed by atoms with Crippen molar-refractivity contribution >= 4 is 58.4 Å². The molecule has 0 aliphatic carbocycles. The molecule has 0 unspecified atom stereocenters. The summed E-state index contributed by atoms with van der Waals surface area (Å²) in [4.78, 5) is 19.7. The fourth-order valence-corrected chi connectivity index (χ4v) is 5.00. The number of carbonyl (C=O) groups excluding carboxylic acids is 1. The summed E-state index contributed by atoms with van der Waals surface area (Å²) in [5, 5.41) is 12.2. The van der Waals surface area contributed by atoms with Crippen LogP contribution in [0.15, 0.2) is 63.2 Å². The average Bonchev–Trinajstić information content (AvgIpc) is 2.70. The zero-order chi connectivity index (χ0) is 25.6. The number of hydrogen-bond donors (Lipinski definition) is 2. The predicted octanol–water partition coefficient (Wildman–Crippen LogP) is -7.93. The van der Waals surface area contributed by atoms with E-state index in [9.17, 15) is 53.8 Å². The minimum atomic E-state index is -5.19. The van der Waals surface area contributed by atoms with Gasteiger partial charge < -0.3 is 14.4 Å². The molecule has 14 nitrogen and oxygen atoms in total. The molecule has 0 aliphatic heterocycles. The molecule has 0 heterocycles. The van der Waals surface area contributed by atoms with Crippen molar-refractivity contribution in [2.24, 2.45) is 0 Å². The van der Waals surface area contributed by atoms with E-state index in [1.165, 1.54) is 0 Å². The van der Waals surface area contributed by atoms with Gasteiger partial charge in [-0.2, -0.15) is 8.42 Å². The molecule has 37 heavy (non-hydrogen) atoms. The minimum absolute atomic E-state index is 0. The first kappa shape index (κ1) is 36.5. The molecule has 0 aliphatic rings. The van der Waals surface area contributed by atoms with E-state index in [4.69, 9.17) is 0 Å². The Balaban J connectivity index is 0.00000432. The second-order valence-electron chi connectivity index (χ2n) is 6.60. The van der Waals surface area contributed by atoms with Crippen LogP contribution in [0, 0.1) is 10.1 Å². The molecule has 0 radical (unpaired) electrons. The topological polar surface area (TPSA) is 241 Å². The average molecular weight is 599 g/mol. The van der Waals surface area contributed by atoms with Crippen molar-refractivity contribution in [2.45, 2.75) is 14.7 Å². The Morgan fingerprint density at radius 2 is 1.43 bits per heavy atom. The summed E-state index contributed by atoms with van der Waals surface area (Å²) in [7, 11) is -15.5. The molecule has 1 amide bonds. The van der Waals surface area contributed by atoms with Crippen LogP contribution in [0.1, 0.15) is 10.4 Å². The fourth-order valence-electron chi connectivity index (χ4n) is 3.03. The Morgan fingerprint density at radius 1 is 0.838 bits per heavy atom. The number of nitrogens with one attached hydrogen (secondary N) is 1. The van der Waals surface area contributed by atoms with E-state index in [1.54, 1.807) is 0 Å². The standard InChI is InChI=1S/C17H12N2O12S3.3Na/c20-17(12-5-4-10(19(21)22)7-15(12)34(29,30)31)18-13-8-11(32(23,24)25)6-9-2-1-3-14(16(9)13)33(26,27)28;;;/h1-8H,(H,18,20)(H,23,24,25)(H,26,27,28)(H,29,30,31);;;/q;3*+1/p-2. The molecule has 2 N–H and O–H groups in total. The molecule has 3 aromatic rings. The van der Waals surface area contributed by atoms with E-state index in [0.29, 0.717) is 18.2 Å². The van der Waals surface area contributed by atoms with E-state index in [0.717, 1.165) is 30.3 Å². The monoisotopic (exact) mass is 599 g/mol. The third kappa shape index (κ3) is 8.50. The summed E-state index contributed by atoms with van der Waals surface area (Å²) in [5.41, 5.74) is -2.32. The zero-order valence-corrected chi connectivity index (χ0v) is 27.7. The summed E-state index contributed by atoms with van der Waals surface area (Å²) in [5.74, 6) is -1.40. The van der Waals surface area contributed by atoms with E-state index in [-0.39, 0.29) is 94.1 Å². The Hall–Kier alpha value is -0.480. The van der Waals surface area contributed by atoms with Crippen molar-refractivity contribution < 1.29 is 137 Å². The number of nitro benzene ring substituents is 1. The Kier molecular flexibility index (Phi) is 13.1. The number of anilines is 1. The van der Waals surface area contributed by atoms with Gasteiger partial charge in [0.25, 0.3) is 21.7 Å². The van der Waals surface area contributed by atoms with Crippen molar-refractivity contribution in [3.05, 3.63) is 64.2 Å². The molecule has 20 heteroatoms. The number of nitrogens with zero attached hydrogens (tertiary/aromatic N) is 1. The molecule has 0 saturated carbocycles. The van der Waals surface area contributed by atoms with E-state index < -0.39 is 78.2 Å². The van der Waals surface area contributed by atoms with E-state index >= 15 is 0 Å². The molecular weight excluding hydrogens is 589 g/mol. The number of amides is 1. The van der Waals surface area contributed by atoms with Gasteiger partial charge in [0.05, 0.1) is 26.0 Å². The summed E-state index contributed by atoms with van der Waals surface area (Å²) < 4.78 is 102. The maximum atomic E-state index is 12.8. The van der Waals surface area contributed by atoms with Gasteiger partial charge in [-0.15, -0.1) is 0 Å². The number of hydrogen-bond acceptors (Lipinski definition) is 11. The van der Waals surface area contributed by atoms with Gasteiger partial charge >= 0.3 is 88.7 Å². The third-order valence-corrected chi connectivity index (χ3v) is 7.00. The summed E-state index contributed by atoms with van der Waals surface area (Å²) in [6, 6.07) is 6.16. The Labute approximate surface area is 276 Å². The van der Waals surface area contributed by atoms with Crippen molar-refractivity contribution in [3.63, 3.8) is 0 Å². The predicted molar refractivity (Wildman–Crippen MR) is 111 cm³/mol. The van der Waals surface area contributed by atoms with E-state index in [2.05, 4.69) is 0 Å². The molecular formula is C17H10N2Na3O12S3+. The maximum Gasteiger partial charge on any atom is 1.00 e. The van der Waals surface area contributed by atoms with Gasteiger partial charge in [0.15, 0.2) is 0 Å².